The van der Waals surface area contributed by atoms with Crippen molar-refractivity contribution in [1.82, 2.24) is 13.9 Å². The second-order valence-corrected chi connectivity index (χ2v) is 8.95. The number of fused-ring (bicyclic) bond motifs is 1. The van der Waals surface area contributed by atoms with E-state index < -0.39 is 0 Å². The number of anilines is 1. The van der Waals surface area contributed by atoms with Gasteiger partial charge in [0.1, 0.15) is 0 Å². The van der Waals surface area contributed by atoms with Crippen LogP contribution in [0, 0.1) is 11.8 Å². The van der Waals surface area contributed by atoms with Crippen molar-refractivity contribution in [2.75, 3.05) is 18.6 Å². The van der Waals surface area contributed by atoms with Gasteiger partial charge in [0.15, 0.2) is 5.65 Å². The van der Waals surface area contributed by atoms with Gasteiger partial charge in [-0.15, -0.1) is 0 Å². The SMILES string of the molecule is COc1cc(-c2cc3c(N4CCC(C5CC5)C4=O)ccnc3n2SI)ccn1. The summed E-state index contributed by atoms with van der Waals surface area (Å²) >= 11 is 2.26. The lowest BCUT2D eigenvalue weighted by atomic mass is 10.0. The standard InChI is InChI=1S/C20H19IN4O2S/c1-27-18-10-13(4-7-22-18)17-11-15-16(5-8-23-19(15)25(17)28-21)24-9-6-14(20(24)26)12-2-3-12/h4-5,7-8,10-12,14H,2-3,6,9H2,1H3. The highest BCUT2D eigenvalue weighted by Gasteiger charge is 2.43. The molecule has 0 N–H and O–H groups in total. The number of amides is 1. The molecule has 1 atom stereocenters. The Morgan fingerprint density at radius 2 is 2.00 bits per heavy atom. The lowest BCUT2D eigenvalue weighted by Gasteiger charge is -2.17. The first-order valence-corrected chi connectivity index (χ1v) is 12.6. The van der Waals surface area contributed by atoms with E-state index >= 15 is 0 Å². The predicted octanol–water partition coefficient (Wildman–Crippen LogP) is 4.72. The minimum absolute atomic E-state index is 0.202. The van der Waals surface area contributed by atoms with Crippen LogP contribution in [0.4, 0.5) is 5.69 Å². The Hall–Kier alpha value is -1.81. The van der Waals surface area contributed by atoms with E-state index in [0.29, 0.717) is 11.8 Å². The van der Waals surface area contributed by atoms with Gasteiger partial charge >= 0.3 is 0 Å². The van der Waals surface area contributed by atoms with Gasteiger partial charge in [-0.2, -0.15) is 0 Å². The van der Waals surface area contributed by atoms with Crippen LogP contribution >= 0.6 is 30.3 Å². The van der Waals surface area contributed by atoms with Crippen molar-refractivity contribution in [3.05, 3.63) is 36.7 Å². The number of hydrogen-bond acceptors (Lipinski definition) is 5. The van der Waals surface area contributed by atoms with Crippen LogP contribution in [0.2, 0.25) is 0 Å². The third-order valence-corrected chi connectivity index (χ3v) is 7.37. The summed E-state index contributed by atoms with van der Waals surface area (Å²) in [6, 6.07) is 7.97. The van der Waals surface area contributed by atoms with Crippen molar-refractivity contribution in [3.63, 3.8) is 0 Å². The largest absolute Gasteiger partial charge is 0.481 e. The molecule has 1 saturated heterocycles. The molecular weight excluding hydrogens is 487 g/mol. The first-order valence-electron chi connectivity index (χ1n) is 9.32. The Morgan fingerprint density at radius 3 is 2.75 bits per heavy atom. The molecule has 1 saturated carbocycles. The maximum absolute atomic E-state index is 13.0. The average Bonchev–Trinajstić information content (AvgIpc) is 3.39. The van der Waals surface area contributed by atoms with Gasteiger partial charge in [0.25, 0.3) is 0 Å². The lowest BCUT2D eigenvalue weighted by Crippen LogP contribution is -2.27. The fourth-order valence-electron chi connectivity index (χ4n) is 4.13. The van der Waals surface area contributed by atoms with Crippen molar-refractivity contribution in [3.8, 4) is 17.1 Å². The van der Waals surface area contributed by atoms with E-state index in [2.05, 4.69) is 41.2 Å². The highest BCUT2D eigenvalue weighted by atomic mass is 127. The molecule has 1 aliphatic heterocycles. The summed E-state index contributed by atoms with van der Waals surface area (Å²) in [7, 11) is 3.18. The molecule has 1 amide bonds. The average molecular weight is 506 g/mol. The number of methoxy groups -OCH3 is 1. The van der Waals surface area contributed by atoms with Crippen LogP contribution in [0.25, 0.3) is 22.3 Å². The molecule has 28 heavy (non-hydrogen) atoms. The van der Waals surface area contributed by atoms with Crippen LogP contribution in [-0.4, -0.2) is 33.5 Å². The van der Waals surface area contributed by atoms with Gasteiger partial charge in [0, 0.05) is 72.2 Å². The predicted molar refractivity (Wildman–Crippen MR) is 120 cm³/mol. The number of halogens is 1. The van der Waals surface area contributed by atoms with Gasteiger partial charge in [-0.25, -0.2) is 9.97 Å². The van der Waals surface area contributed by atoms with Crippen LogP contribution in [0.1, 0.15) is 19.3 Å². The number of hydrogen-bond donors (Lipinski definition) is 0. The summed E-state index contributed by atoms with van der Waals surface area (Å²) < 4.78 is 7.38. The minimum atomic E-state index is 0.202. The van der Waals surface area contributed by atoms with Crippen LogP contribution in [0.3, 0.4) is 0 Å². The van der Waals surface area contributed by atoms with E-state index in [-0.39, 0.29) is 11.8 Å². The Balaban J connectivity index is 1.62. The van der Waals surface area contributed by atoms with Crippen LogP contribution < -0.4 is 9.64 Å². The molecule has 144 valence electrons. The molecule has 1 aliphatic carbocycles. The molecule has 0 bridgehead atoms. The number of pyridine rings is 2. The Bertz CT molecular complexity index is 1070. The van der Waals surface area contributed by atoms with Crippen LogP contribution in [-0.2, 0) is 4.79 Å². The van der Waals surface area contributed by atoms with Gasteiger partial charge in [-0.1, -0.05) is 0 Å². The molecule has 0 aromatic carbocycles. The molecular formula is C20H19IN4O2S. The normalized spacial score (nSPS) is 19.6. The zero-order chi connectivity index (χ0) is 19.3. The molecule has 2 aliphatic rings. The topological polar surface area (TPSA) is 60.2 Å². The van der Waals surface area contributed by atoms with Gasteiger partial charge in [0.2, 0.25) is 11.8 Å². The number of ether oxygens (including phenoxy) is 1. The van der Waals surface area contributed by atoms with Gasteiger partial charge in [-0.05, 0) is 43.4 Å². The number of carbonyl (C=O) groups excluding carboxylic acids is 1. The highest BCUT2D eigenvalue weighted by Crippen LogP contribution is 2.44. The Morgan fingerprint density at radius 1 is 1.18 bits per heavy atom. The monoisotopic (exact) mass is 506 g/mol. The summed E-state index contributed by atoms with van der Waals surface area (Å²) in [6.07, 6.45) is 6.91. The fourth-order valence-corrected chi connectivity index (χ4v) is 5.76. The van der Waals surface area contributed by atoms with E-state index in [9.17, 15) is 4.79 Å². The zero-order valence-electron chi connectivity index (χ0n) is 15.3. The lowest BCUT2D eigenvalue weighted by molar-refractivity contribution is -0.120. The molecule has 3 aromatic rings. The number of nitrogens with zero attached hydrogens (tertiary/aromatic N) is 4. The minimum Gasteiger partial charge on any atom is -0.481 e. The summed E-state index contributed by atoms with van der Waals surface area (Å²) in [5.41, 5.74) is 3.85. The number of carbonyl (C=O) groups is 1. The molecule has 4 heterocycles. The highest BCUT2D eigenvalue weighted by molar-refractivity contribution is 14.2. The summed E-state index contributed by atoms with van der Waals surface area (Å²) in [6.45, 7) is 0.792. The van der Waals surface area contributed by atoms with Crippen molar-refractivity contribution in [2.24, 2.45) is 11.8 Å². The Kier molecular flexibility index (Phi) is 4.70. The van der Waals surface area contributed by atoms with E-state index in [1.165, 1.54) is 12.8 Å². The molecule has 5 rings (SSSR count). The zero-order valence-corrected chi connectivity index (χ0v) is 18.3. The van der Waals surface area contributed by atoms with Crippen molar-refractivity contribution in [2.45, 2.75) is 19.3 Å². The molecule has 8 heteroatoms. The first kappa shape index (κ1) is 18.2. The molecule has 6 nitrogen and oxygen atoms in total. The quantitative estimate of drug-likeness (QED) is 0.469. The van der Waals surface area contributed by atoms with Crippen LogP contribution in [0.15, 0.2) is 36.7 Å². The summed E-state index contributed by atoms with van der Waals surface area (Å²) in [4.78, 5) is 23.8. The van der Waals surface area contributed by atoms with Crippen molar-refractivity contribution < 1.29 is 9.53 Å². The third-order valence-electron chi connectivity index (χ3n) is 5.68. The maximum atomic E-state index is 13.0. The van der Waals surface area contributed by atoms with E-state index in [1.54, 1.807) is 28.6 Å². The number of rotatable bonds is 5. The van der Waals surface area contributed by atoms with E-state index in [1.807, 2.05) is 23.1 Å². The summed E-state index contributed by atoms with van der Waals surface area (Å²) in [5, 5.41) is 1.00. The van der Waals surface area contributed by atoms with Crippen LogP contribution in [0.5, 0.6) is 5.88 Å². The smallest absolute Gasteiger partial charge is 0.230 e. The van der Waals surface area contributed by atoms with E-state index in [0.717, 1.165) is 40.9 Å². The number of aromatic nitrogens is 3. The molecule has 1 unspecified atom stereocenters. The van der Waals surface area contributed by atoms with Gasteiger partial charge in [0.05, 0.1) is 18.5 Å². The fraction of sp³-hybridized carbons (Fsp3) is 0.350. The van der Waals surface area contributed by atoms with Crippen molar-refractivity contribution in [1.29, 1.82) is 0 Å². The molecule has 2 fully saturated rings. The molecule has 3 aromatic heterocycles. The van der Waals surface area contributed by atoms with Gasteiger partial charge < -0.3 is 9.64 Å². The van der Waals surface area contributed by atoms with E-state index in [4.69, 9.17) is 4.74 Å². The van der Waals surface area contributed by atoms with Gasteiger partial charge in [-0.3, -0.25) is 8.77 Å². The third kappa shape index (κ3) is 2.97. The molecule has 0 radical (unpaired) electrons. The maximum Gasteiger partial charge on any atom is 0.230 e. The Labute approximate surface area is 179 Å². The summed E-state index contributed by atoms with van der Waals surface area (Å²) in [5.74, 6) is 1.65. The molecule has 0 spiro atoms. The first-order chi connectivity index (χ1) is 13.7. The second-order valence-electron chi connectivity index (χ2n) is 7.27. The van der Waals surface area contributed by atoms with Crippen molar-refractivity contribution >= 4 is 53.0 Å². The second kappa shape index (κ2) is 7.22.